The van der Waals surface area contributed by atoms with E-state index in [1.54, 1.807) is 6.07 Å². The number of methoxy groups -OCH3 is 1. The van der Waals surface area contributed by atoms with Crippen molar-refractivity contribution in [2.45, 2.75) is 51.8 Å². The molecule has 2 atom stereocenters. The van der Waals surface area contributed by atoms with Gasteiger partial charge in [0.05, 0.1) is 19.2 Å². The van der Waals surface area contributed by atoms with Crippen molar-refractivity contribution in [1.82, 2.24) is 9.71 Å². The van der Waals surface area contributed by atoms with Gasteiger partial charge in [0.25, 0.3) is 0 Å². The Morgan fingerprint density at radius 2 is 1.89 bits per heavy atom. The predicted octanol–water partition coefficient (Wildman–Crippen LogP) is 4.67. The maximum absolute atomic E-state index is 12.7. The molecule has 1 aromatic carbocycles. The zero-order valence-electron chi connectivity index (χ0n) is 17.1. The van der Waals surface area contributed by atoms with Gasteiger partial charge >= 0.3 is 5.97 Å². The van der Waals surface area contributed by atoms with Crippen LogP contribution in [0.1, 0.15) is 50.1 Å². The Bertz CT molecular complexity index is 832. The fourth-order valence-electron chi connectivity index (χ4n) is 2.87. The third-order valence-electron chi connectivity index (χ3n) is 4.34. The molecule has 2 rings (SSSR count). The van der Waals surface area contributed by atoms with Gasteiger partial charge < -0.3 is 9.29 Å². The van der Waals surface area contributed by atoms with Crippen LogP contribution in [0.3, 0.4) is 0 Å². The van der Waals surface area contributed by atoms with E-state index in [2.05, 4.69) is 9.71 Å². The first-order valence-electron chi connectivity index (χ1n) is 9.02. The van der Waals surface area contributed by atoms with E-state index in [9.17, 15) is 9.35 Å². The van der Waals surface area contributed by atoms with Gasteiger partial charge in [-0.25, -0.2) is 4.98 Å². The SMILES string of the molecule is COC(=O)C[C@H](N[S+]([O-])C(C)(C)C)c1cc(-c2c(C)cccc2C)cc(Cl)n1. The quantitative estimate of drug-likeness (QED) is 0.415. The van der Waals surface area contributed by atoms with Crippen molar-refractivity contribution in [3.05, 3.63) is 52.3 Å². The van der Waals surface area contributed by atoms with E-state index in [-0.39, 0.29) is 6.42 Å². The van der Waals surface area contributed by atoms with Crippen molar-refractivity contribution < 1.29 is 14.1 Å². The molecular formula is C21H27ClN2O3S. The highest BCUT2D eigenvalue weighted by molar-refractivity contribution is 7.90. The number of esters is 1. The number of nitrogens with zero attached hydrogens (tertiary/aromatic N) is 1. The van der Waals surface area contributed by atoms with Gasteiger partial charge in [-0.1, -0.05) is 29.8 Å². The first-order valence-corrected chi connectivity index (χ1v) is 10.5. The number of hydrogen-bond acceptors (Lipinski definition) is 5. The van der Waals surface area contributed by atoms with E-state index in [4.69, 9.17) is 16.3 Å². The monoisotopic (exact) mass is 422 g/mol. The highest BCUT2D eigenvalue weighted by atomic mass is 35.5. The van der Waals surface area contributed by atoms with Crippen molar-refractivity contribution in [3.8, 4) is 11.1 Å². The van der Waals surface area contributed by atoms with Crippen LogP contribution in [0.15, 0.2) is 30.3 Å². The van der Waals surface area contributed by atoms with Crippen LogP contribution in [0, 0.1) is 13.8 Å². The Kier molecular flexibility index (Phi) is 7.51. The molecule has 0 saturated carbocycles. The molecule has 0 fully saturated rings. The van der Waals surface area contributed by atoms with Gasteiger partial charge in [-0.3, -0.25) is 4.79 Å². The minimum absolute atomic E-state index is 0.00213. The number of rotatable bonds is 6. The molecule has 0 aliphatic heterocycles. The molecule has 7 heteroatoms. The zero-order chi connectivity index (χ0) is 21.1. The second-order valence-corrected chi connectivity index (χ2v) is 10.1. The Morgan fingerprint density at radius 3 is 2.43 bits per heavy atom. The molecule has 0 aliphatic carbocycles. The molecular weight excluding hydrogens is 396 g/mol. The van der Waals surface area contributed by atoms with Crippen LogP contribution in [-0.4, -0.2) is 27.4 Å². The highest BCUT2D eigenvalue weighted by Crippen LogP contribution is 2.32. The summed E-state index contributed by atoms with van der Waals surface area (Å²) in [7, 11) is 1.33. The lowest BCUT2D eigenvalue weighted by molar-refractivity contribution is -0.141. The third kappa shape index (κ3) is 5.70. The molecule has 152 valence electrons. The molecule has 1 N–H and O–H groups in total. The number of carbonyl (C=O) groups is 1. The molecule has 5 nitrogen and oxygen atoms in total. The molecule has 0 spiro atoms. The van der Waals surface area contributed by atoms with Gasteiger partial charge in [-0.05, 0) is 69.0 Å². The van der Waals surface area contributed by atoms with Gasteiger partial charge in [0.2, 0.25) is 0 Å². The normalized spacial score (nSPS) is 13.9. The van der Waals surface area contributed by atoms with Crippen LogP contribution in [0.2, 0.25) is 5.15 Å². The molecule has 0 saturated heterocycles. The molecule has 1 aromatic heterocycles. The Balaban J connectivity index is 2.51. The molecule has 1 unspecified atom stereocenters. The van der Waals surface area contributed by atoms with Crippen LogP contribution >= 0.6 is 11.6 Å². The molecule has 0 radical (unpaired) electrons. The summed E-state index contributed by atoms with van der Waals surface area (Å²) in [5.74, 6) is -0.418. The number of halogens is 1. The fourth-order valence-corrected chi connectivity index (χ4v) is 3.90. The van der Waals surface area contributed by atoms with Gasteiger partial charge in [0, 0.05) is 11.4 Å². The smallest absolute Gasteiger partial charge is 0.307 e. The number of carbonyl (C=O) groups excluding carboxylic acids is 1. The number of pyridine rings is 1. The summed E-state index contributed by atoms with van der Waals surface area (Å²) >= 11 is 4.92. The maximum Gasteiger partial charge on any atom is 0.307 e. The molecule has 0 bridgehead atoms. The van der Waals surface area contributed by atoms with E-state index in [0.29, 0.717) is 10.8 Å². The zero-order valence-corrected chi connectivity index (χ0v) is 18.7. The number of benzene rings is 1. The van der Waals surface area contributed by atoms with Crippen LogP contribution in [0.4, 0.5) is 0 Å². The average molecular weight is 423 g/mol. The summed E-state index contributed by atoms with van der Waals surface area (Å²) < 4.78 is 20.0. The van der Waals surface area contributed by atoms with Crippen molar-refractivity contribution in [2.75, 3.05) is 7.11 Å². The topological polar surface area (TPSA) is 74.3 Å². The lowest BCUT2D eigenvalue weighted by atomic mass is 9.95. The Morgan fingerprint density at radius 1 is 1.29 bits per heavy atom. The van der Waals surface area contributed by atoms with Crippen molar-refractivity contribution >= 4 is 28.9 Å². The molecule has 0 amide bonds. The number of aromatic nitrogens is 1. The van der Waals surface area contributed by atoms with Crippen molar-refractivity contribution in [2.24, 2.45) is 0 Å². The largest absolute Gasteiger partial charge is 0.598 e. The first kappa shape index (κ1) is 22.7. The van der Waals surface area contributed by atoms with E-state index >= 15 is 0 Å². The number of ether oxygens (including phenoxy) is 1. The highest BCUT2D eigenvalue weighted by Gasteiger charge is 2.32. The summed E-state index contributed by atoms with van der Waals surface area (Å²) in [6.45, 7) is 9.65. The maximum atomic E-state index is 12.7. The Hall–Kier alpha value is -1.60. The number of nitrogens with one attached hydrogen (secondary N) is 1. The summed E-state index contributed by atoms with van der Waals surface area (Å²) in [4.78, 5) is 16.4. The predicted molar refractivity (Wildman–Crippen MR) is 115 cm³/mol. The summed E-state index contributed by atoms with van der Waals surface area (Å²) in [6.07, 6.45) is -0.00213. The third-order valence-corrected chi connectivity index (χ3v) is 6.15. The average Bonchev–Trinajstić information content (AvgIpc) is 2.59. The summed E-state index contributed by atoms with van der Waals surface area (Å²) in [5.41, 5.74) is 4.76. The van der Waals surface area contributed by atoms with E-state index in [1.165, 1.54) is 7.11 Å². The van der Waals surface area contributed by atoms with Crippen LogP contribution < -0.4 is 4.72 Å². The minimum atomic E-state index is -1.39. The lowest BCUT2D eigenvalue weighted by Crippen LogP contribution is -2.42. The standard InChI is InChI=1S/C21H27ClN2O3S/c1-13-8-7-9-14(2)20(13)15-10-16(23-18(22)11-15)17(12-19(25)27-6)24-28(26)21(3,4)5/h7-11,17,24H,12H2,1-6H3/t17-,28?/m0/s1. The van der Waals surface area contributed by atoms with Gasteiger partial charge in [0.1, 0.15) is 15.9 Å². The summed E-state index contributed by atoms with van der Waals surface area (Å²) in [5, 5.41) is 0.313. The molecule has 2 aromatic rings. The van der Waals surface area contributed by atoms with Crippen molar-refractivity contribution in [1.29, 1.82) is 0 Å². The second-order valence-electron chi connectivity index (χ2n) is 7.70. The summed E-state index contributed by atoms with van der Waals surface area (Å²) in [6, 6.07) is 9.18. The van der Waals surface area contributed by atoms with Crippen LogP contribution in [0.25, 0.3) is 11.1 Å². The van der Waals surface area contributed by atoms with E-state index in [1.807, 2.05) is 58.9 Å². The molecule has 1 heterocycles. The molecule has 0 aliphatic rings. The van der Waals surface area contributed by atoms with E-state index in [0.717, 1.165) is 22.3 Å². The van der Waals surface area contributed by atoms with E-state index < -0.39 is 28.1 Å². The van der Waals surface area contributed by atoms with Gasteiger partial charge in [0.15, 0.2) is 0 Å². The lowest BCUT2D eigenvalue weighted by Gasteiger charge is -2.27. The molecule has 28 heavy (non-hydrogen) atoms. The van der Waals surface area contributed by atoms with Crippen LogP contribution in [-0.2, 0) is 20.9 Å². The number of hydrogen-bond donors (Lipinski definition) is 1. The van der Waals surface area contributed by atoms with Crippen LogP contribution in [0.5, 0.6) is 0 Å². The Labute approximate surface area is 175 Å². The van der Waals surface area contributed by atoms with Gasteiger partial charge in [-0.15, -0.1) is 4.72 Å². The fraction of sp³-hybridized carbons (Fsp3) is 0.429. The second kappa shape index (κ2) is 9.27. The van der Waals surface area contributed by atoms with Gasteiger partial charge in [-0.2, -0.15) is 0 Å². The number of aryl methyl sites for hydroxylation is 2. The van der Waals surface area contributed by atoms with Crippen molar-refractivity contribution in [3.63, 3.8) is 0 Å². The minimum Gasteiger partial charge on any atom is -0.598 e. The first-order chi connectivity index (χ1) is 13.0.